The molecule has 0 radical (unpaired) electrons. The monoisotopic (exact) mass is 499 g/mol. The van der Waals surface area contributed by atoms with Crippen molar-refractivity contribution in [3.63, 3.8) is 0 Å². The van der Waals surface area contributed by atoms with Crippen LogP contribution in [0.4, 0.5) is 0 Å². The van der Waals surface area contributed by atoms with Crippen LogP contribution in [0.1, 0.15) is 37.5 Å². The fourth-order valence-corrected chi connectivity index (χ4v) is 4.94. The second-order valence-electron chi connectivity index (χ2n) is 9.78. The van der Waals surface area contributed by atoms with Gasteiger partial charge in [-0.2, -0.15) is 0 Å². The lowest BCUT2D eigenvalue weighted by Crippen LogP contribution is -2.53. The van der Waals surface area contributed by atoms with Gasteiger partial charge in [0, 0.05) is 6.54 Å². The van der Waals surface area contributed by atoms with E-state index in [1.165, 1.54) is 0 Å². The van der Waals surface area contributed by atoms with Crippen molar-refractivity contribution in [3.05, 3.63) is 108 Å². The van der Waals surface area contributed by atoms with Gasteiger partial charge in [-0.15, -0.1) is 0 Å². The van der Waals surface area contributed by atoms with E-state index < -0.39 is 35.5 Å². The quantitative estimate of drug-likeness (QED) is 0.293. The first-order chi connectivity index (χ1) is 17.8. The zero-order chi connectivity index (χ0) is 26.6. The van der Waals surface area contributed by atoms with E-state index in [9.17, 15) is 19.5 Å². The first-order valence-corrected chi connectivity index (χ1v) is 12.5. The van der Waals surface area contributed by atoms with Gasteiger partial charge in [0.15, 0.2) is 0 Å². The molecule has 2 amide bonds. The molecule has 3 aromatic carbocycles. The number of aliphatic carboxylic acids is 1. The number of carboxylic acids is 1. The van der Waals surface area contributed by atoms with Gasteiger partial charge in [0.2, 0.25) is 11.8 Å². The third-order valence-electron chi connectivity index (χ3n) is 6.90. The average Bonchev–Trinajstić information content (AvgIpc) is 3.70. The van der Waals surface area contributed by atoms with Crippen molar-refractivity contribution in [3.8, 4) is 0 Å². The molecule has 1 saturated heterocycles. The van der Waals surface area contributed by atoms with Crippen LogP contribution in [0.15, 0.2) is 91.0 Å². The van der Waals surface area contributed by atoms with Crippen molar-refractivity contribution in [2.45, 2.75) is 44.4 Å². The van der Waals surface area contributed by atoms with Gasteiger partial charge in [0.05, 0.1) is 5.54 Å². The van der Waals surface area contributed by atoms with Gasteiger partial charge < -0.3 is 15.7 Å². The van der Waals surface area contributed by atoms with E-state index in [1.807, 2.05) is 54.6 Å². The maximum atomic E-state index is 13.4. The van der Waals surface area contributed by atoms with E-state index >= 15 is 0 Å². The second-order valence-corrected chi connectivity index (χ2v) is 9.78. The van der Waals surface area contributed by atoms with Gasteiger partial charge in [0.25, 0.3) is 0 Å². The summed E-state index contributed by atoms with van der Waals surface area (Å²) < 4.78 is 0. The number of carbonyl (C=O) groups excluding carboxylic acids is 2. The molecule has 4 atom stereocenters. The lowest BCUT2D eigenvalue weighted by molar-refractivity contribution is -0.143. The molecule has 7 nitrogen and oxygen atoms in total. The number of hydrogen-bond acceptors (Lipinski definition) is 4. The zero-order valence-electron chi connectivity index (χ0n) is 21.3. The summed E-state index contributed by atoms with van der Waals surface area (Å²) >= 11 is 0. The molecule has 1 aliphatic rings. The number of carbonyl (C=O) groups is 3. The Morgan fingerprint density at radius 3 is 1.59 bits per heavy atom. The van der Waals surface area contributed by atoms with E-state index in [0.717, 1.165) is 16.7 Å². The summed E-state index contributed by atoms with van der Waals surface area (Å²) in [7, 11) is 0. The standard InChI is InChI=1S/C30H33N3O4/c1-20(2)26(29(36)37)32-27(34)21(3)31-28(35)25-19-33(25)30(22-13-7-4-8-14-22,23-15-9-5-10-16-23)24-17-11-6-12-18-24/h4-18,20-21,25-26H,19H2,1-3H3,(H,31,35)(H,32,34)(H,36,37)/t21-,25+,26+,33?/m1/s1. The molecule has 3 aromatic rings. The van der Waals surface area contributed by atoms with Crippen molar-refractivity contribution < 1.29 is 19.5 Å². The van der Waals surface area contributed by atoms with Crippen LogP contribution in [0.5, 0.6) is 0 Å². The highest BCUT2D eigenvalue weighted by Gasteiger charge is 2.56. The fraction of sp³-hybridized carbons (Fsp3) is 0.300. The van der Waals surface area contributed by atoms with Gasteiger partial charge in [-0.1, -0.05) is 105 Å². The van der Waals surface area contributed by atoms with E-state index in [2.05, 4.69) is 51.9 Å². The van der Waals surface area contributed by atoms with Crippen LogP contribution in [0.2, 0.25) is 0 Å². The predicted octanol–water partition coefficient (Wildman–Crippen LogP) is 3.39. The Balaban J connectivity index is 1.63. The van der Waals surface area contributed by atoms with Crippen LogP contribution in [0, 0.1) is 5.92 Å². The number of nitrogens with zero attached hydrogens (tertiary/aromatic N) is 1. The summed E-state index contributed by atoms with van der Waals surface area (Å²) in [6, 6.07) is 27.9. The summed E-state index contributed by atoms with van der Waals surface area (Å²) in [4.78, 5) is 39.7. The fourth-order valence-electron chi connectivity index (χ4n) is 4.94. The van der Waals surface area contributed by atoms with Gasteiger partial charge in [-0.05, 0) is 29.5 Å². The summed E-state index contributed by atoms with van der Waals surface area (Å²) in [5, 5.41) is 14.7. The van der Waals surface area contributed by atoms with Crippen molar-refractivity contribution in [2.24, 2.45) is 5.92 Å². The van der Waals surface area contributed by atoms with Crippen molar-refractivity contribution in [1.82, 2.24) is 15.5 Å². The number of rotatable bonds is 10. The van der Waals surface area contributed by atoms with Crippen LogP contribution >= 0.6 is 0 Å². The van der Waals surface area contributed by atoms with E-state index in [0.29, 0.717) is 6.54 Å². The van der Waals surface area contributed by atoms with Crippen LogP contribution in [-0.4, -0.2) is 52.5 Å². The summed E-state index contributed by atoms with van der Waals surface area (Å²) in [5.41, 5.74) is 2.41. The van der Waals surface area contributed by atoms with E-state index in [1.54, 1.807) is 20.8 Å². The van der Waals surface area contributed by atoms with Crippen LogP contribution in [0.3, 0.4) is 0 Å². The normalized spacial score (nSPS) is 18.5. The molecule has 1 aliphatic heterocycles. The number of carboxylic acid groups (broad SMARTS) is 1. The van der Waals surface area contributed by atoms with Gasteiger partial charge >= 0.3 is 5.97 Å². The molecular weight excluding hydrogens is 466 g/mol. The van der Waals surface area contributed by atoms with Crippen LogP contribution < -0.4 is 10.6 Å². The van der Waals surface area contributed by atoms with Gasteiger partial charge in [-0.3, -0.25) is 14.5 Å². The molecule has 0 aliphatic carbocycles. The van der Waals surface area contributed by atoms with Crippen molar-refractivity contribution >= 4 is 17.8 Å². The molecule has 192 valence electrons. The number of hydrogen-bond donors (Lipinski definition) is 3. The highest BCUT2D eigenvalue weighted by Crippen LogP contribution is 2.48. The minimum absolute atomic E-state index is 0.272. The minimum atomic E-state index is -1.10. The Morgan fingerprint density at radius 2 is 1.22 bits per heavy atom. The average molecular weight is 500 g/mol. The molecule has 37 heavy (non-hydrogen) atoms. The highest BCUT2D eigenvalue weighted by molar-refractivity contribution is 5.92. The van der Waals surface area contributed by atoms with E-state index in [4.69, 9.17) is 0 Å². The SMILES string of the molecule is CC(C)[C@H](NC(=O)[C@@H](C)NC(=O)[C@@H]1CN1C(c1ccccc1)(c1ccccc1)c1ccccc1)C(=O)O. The van der Waals surface area contributed by atoms with Crippen molar-refractivity contribution in [2.75, 3.05) is 6.54 Å². The van der Waals surface area contributed by atoms with E-state index in [-0.39, 0.29) is 11.8 Å². The lowest BCUT2D eigenvalue weighted by Gasteiger charge is -2.38. The molecule has 1 unspecified atom stereocenters. The summed E-state index contributed by atoms with van der Waals surface area (Å²) in [6.45, 7) is 5.52. The maximum absolute atomic E-state index is 13.4. The lowest BCUT2D eigenvalue weighted by atomic mass is 9.76. The number of amides is 2. The Labute approximate surface area is 217 Å². The maximum Gasteiger partial charge on any atom is 0.326 e. The zero-order valence-corrected chi connectivity index (χ0v) is 21.3. The largest absolute Gasteiger partial charge is 0.480 e. The highest BCUT2D eigenvalue weighted by atomic mass is 16.4. The first-order valence-electron chi connectivity index (χ1n) is 12.5. The summed E-state index contributed by atoms with van der Waals surface area (Å²) in [5.74, 6) is -2.19. The smallest absolute Gasteiger partial charge is 0.326 e. The van der Waals surface area contributed by atoms with Crippen molar-refractivity contribution in [1.29, 1.82) is 0 Å². The molecule has 0 bridgehead atoms. The second kappa shape index (κ2) is 11.0. The molecule has 7 heteroatoms. The Morgan fingerprint density at radius 1 is 0.784 bits per heavy atom. The third kappa shape index (κ3) is 5.27. The molecule has 1 heterocycles. The molecular formula is C30H33N3O4. The van der Waals surface area contributed by atoms with Crippen LogP contribution in [0.25, 0.3) is 0 Å². The Bertz CT molecular complexity index is 1130. The number of nitrogens with one attached hydrogen (secondary N) is 2. The Hall–Kier alpha value is -3.97. The Kier molecular flexibility index (Phi) is 7.74. The third-order valence-corrected chi connectivity index (χ3v) is 6.90. The minimum Gasteiger partial charge on any atom is -0.480 e. The van der Waals surface area contributed by atoms with Gasteiger partial charge in [-0.25, -0.2) is 4.79 Å². The predicted molar refractivity (Wildman–Crippen MR) is 142 cm³/mol. The van der Waals surface area contributed by atoms with Crippen LogP contribution in [-0.2, 0) is 19.9 Å². The first kappa shape index (κ1) is 26.1. The number of benzene rings is 3. The van der Waals surface area contributed by atoms with Gasteiger partial charge in [0.1, 0.15) is 18.1 Å². The topological polar surface area (TPSA) is 98.5 Å². The summed E-state index contributed by atoms with van der Waals surface area (Å²) in [6.07, 6.45) is 0. The molecule has 3 N–H and O–H groups in total. The molecule has 4 rings (SSSR count). The molecule has 0 spiro atoms. The molecule has 0 saturated carbocycles. The molecule has 0 aromatic heterocycles. The molecule has 1 fully saturated rings.